The summed E-state index contributed by atoms with van der Waals surface area (Å²) in [5.41, 5.74) is 2.32. The van der Waals surface area contributed by atoms with Gasteiger partial charge >= 0.3 is 0 Å². The lowest BCUT2D eigenvalue weighted by Crippen LogP contribution is -2.14. The van der Waals surface area contributed by atoms with E-state index >= 15 is 0 Å². The molecular weight excluding hydrogens is 410 g/mol. The van der Waals surface area contributed by atoms with Crippen molar-refractivity contribution in [2.24, 2.45) is 0 Å². The number of carbonyl (C=O) groups is 1. The number of hydrogen-bond donors (Lipinski definition) is 1. The molecule has 1 heterocycles. The molecular formula is C19H15ClF2N2OS2. The molecule has 1 aromatic heterocycles. The quantitative estimate of drug-likeness (QED) is 0.481. The molecule has 0 atom stereocenters. The van der Waals surface area contributed by atoms with E-state index in [0.717, 1.165) is 10.6 Å². The molecule has 3 aromatic rings. The standard InChI is InChI=1S/C19H15ClF2N2OS2/c20-13-3-1-2-12(8-13)9-18-24-15(11-26-18)10-17(25)23-14-4-6-16(7-5-14)27-19(21)22/h1-8,11,19H,9-10H2,(H,23,25). The van der Waals surface area contributed by atoms with E-state index in [2.05, 4.69) is 10.3 Å². The lowest BCUT2D eigenvalue weighted by molar-refractivity contribution is -0.115. The van der Waals surface area contributed by atoms with Gasteiger partial charge in [-0.25, -0.2) is 4.98 Å². The van der Waals surface area contributed by atoms with Gasteiger partial charge in [0.2, 0.25) is 5.91 Å². The van der Waals surface area contributed by atoms with Crippen molar-refractivity contribution in [2.45, 2.75) is 23.5 Å². The van der Waals surface area contributed by atoms with E-state index in [1.165, 1.54) is 11.3 Å². The Bertz CT molecular complexity index is 916. The Morgan fingerprint density at radius 2 is 2.00 bits per heavy atom. The maximum absolute atomic E-state index is 12.3. The predicted octanol–water partition coefficient (Wildman–Crippen LogP) is 5.88. The van der Waals surface area contributed by atoms with Crippen molar-refractivity contribution in [3.05, 3.63) is 75.2 Å². The zero-order chi connectivity index (χ0) is 19.2. The maximum atomic E-state index is 12.3. The molecule has 3 rings (SSSR count). The van der Waals surface area contributed by atoms with Gasteiger partial charge in [0.15, 0.2) is 0 Å². The molecule has 3 nitrogen and oxygen atoms in total. The molecule has 0 radical (unpaired) electrons. The van der Waals surface area contributed by atoms with Crippen molar-refractivity contribution in [3.63, 3.8) is 0 Å². The highest BCUT2D eigenvalue weighted by molar-refractivity contribution is 7.99. The lowest BCUT2D eigenvalue weighted by Gasteiger charge is -2.05. The topological polar surface area (TPSA) is 42.0 Å². The van der Waals surface area contributed by atoms with Crippen LogP contribution in [0.5, 0.6) is 0 Å². The Kier molecular flexibility index (Phi) is 6.82. The van der Waals surface area contributed by atoms with Crippen LogP contribution in [0, 0.1) is 0 Å². The minimum atomic E-state index is -2.46. The number of anilines is 1. The van der Waals surface area contributed by atoms with E-state index in [4.69, 9.17) is 11.6 Å². The number of hydrogen-bond acceptors (Lipinski definition) is 4. The van der Waals surface area contributed by atoms with E-state index < -0.39 is 5.76 Å². The summed E-state index contributed by atoms with van der Waals surface area (Å²) in [7, 11) is 0. The summed E-state index contributed by atoms with van der Waals surface area (Å²) >= 11 is 7.96. The van der Waals surface area contributed by atoms with Crippen molar-refractivity contribution in [1.82, 2.24) is 4.98 Å². The van der Waals surface area contributed by atoms with Crippen LogP contribution in [0.15, 0.2) is 58.8 Å². The van der Waals surface area contributed by atoms with Crippen LogP contribution in [0.25, 0.3) is 0 Å². The molecule has 27 heavy (non-hydrogen) atoms. The van der Waals surface area contributed by atoms with Gasteiger partial charge in [-0.05, 0) is 42.0 Å². The third-order valence-electron chi connectivity index (χ3n) is 3.55. The fraction of sp³-hybridized carbons (Fsp3) is 0.158. The van der Waals surface area contributed by atoms with Gasteiger partial charge in [-0.3, -0.25) is 4.79 Å². The fourth-order valence-electron chi connectivity index (χ4n) is 2.42. The first kappa shape index (κ1) is 19.8. The second-order valence-electron chi connectivity index (χ2n) is 5.67. The summed E-state index contributed by atoms with van der Waals surface area (Å²) in [6.07, 6.45) is 0.815. The Balaban J connectivity index is 1.54. The summed E-state index contributed by atoms with van der Waals surface area (Å²) in [6.45, 7) is 0. The van der Waals surface area contributed by atoms with Crippen LogP contribution in [0.3, 0.4) is 0 Å². The average Bonchev–Trinajstić information content (AvgIpc) is 3.03. The van der Waals surface area contributed by atoms with Gasteiger partial charge in [0, 0.05) is 27.4 Å². The number of amides is 1. The smallest absolute Gasteiger partial charge is 0.288 e. The second kappa shape index (κ2) is 9.30. The van der Waals surface area contributed by atoms with Gasteiger partial charge in [-0.2, -0.15) is 8.78 Å². The molecule has 2 aromatic carbocycles. The number of nitrogens with zero attached hydrogens (tertiary/aromatic N) is 1. The first-order valence-corrected chi connectivity index (χ1v) is 10.1. The van der Waals surface area contributed by atoms with Gasteiger partial charge in [0.05, 0.1) is 17.1 Å². The van der Waals surface area contributed by atoms with Crippen LogP contribution in [-0.2, 0) is 17.6 Å². The third kappa shape index (κ3) is 6.30. The Hall–Kier alpha value is -1.96. The molecule has 0 saturated carbocycles. The molecule has 0 spiro atoms. The highest BCUT2D eigenvalue weighted by Crippen LogP contribution is 2.26. The lowest BCUT2D eigenvalue weighted by atomic mass is 10.2. The first-order valence-electron chi connectivity index (χ1n) is 8.00. The number of halogens is 3. The van der Waals surface area contributed by atoms with Gasteiger partial charge in [-0.1, -0.05) is 35.5 Å². The number of thioether (sulfide) groups is 1. The monoisotopic (exact) mass is 424 g/mol. The van der Waals surface area contributed by atoms with Gasteiger partial charge in [0.25, 0.3) is 5.76 Å². The molecule has 0 saturated heterocycles. The van der Waals surface area contributed by atoms with Crippen molar-refractivity contribution in [2.75, 3.05) is 5.32 Å². The fourth-order valence-corrected chi connectivity index (χ4v) is 3.96. The summed E-state index contributed by atoms with van der Waals surface area (Å²) in [4.78, 5) is 17.1. The second-order valence-corrected chi connectivity index (χ2v) is 8.11. The Morgan fingerprint density at radius 3 is 2.70 bits per heavy atom. The van der Waals surface area contributed by atoms with Gasteiger partial charge in [0.1, 0.15) is 0 Å². The van der Waals surface area contributed by atoms with Crippen LogP contribution in [-0.4, -0.2) is 16.6 Å². The number of carbonyl (C=O) groups excluding carboxylic acids is 1. The van der Waals surface area contributed by atoms with Crippen LogP contribution in [0.1, 0.15) is 16.3 Å². The van der Waals surface area contributed by atoms with Crippen LogP contribution in [0.4, 0.5) is 14.5 Å². The van der Waals surface area contributed by atoms with Crippen LogP contribution >= 0.6 is 34.7 Å². The van der Waals surface area contributed by atoms with E-state index in [9.17, 15) is 13.6 Å². The van der Waals surface area contributed by atoms with Crippen molar-refractivity contribution >= 4 is 46.3 Å². The molecule has 0 fully saturated rings. The van der Waals surface area contributed by atoms with E-state index in [0.29, 0.717) is 39.5 Å². The largest absolute Gasteiger partial charge is 0.326 e. The number of aromatic nitrogens is 1. The number of rotatable bonds is 7. The summed E-state index contributed by atoms with van der Waals surface area (Å²) in [5.74, 6) is -2.67. The van der Waals surface area contributed by atoms with Crippen molar-refractivity contribution < 1.29 is 13.6 Å². The van der Waals surface area contributed by atoms with Crippen LogP contribution < -0.4 is 5.32 Å². The Morgan fingerprint density at radius 1 is 1.22 bits per heavy atom. The third-order valence-corrected chi connectivity index (χ3v) is 5.40. The van der Waals surface area contributed by atoms with E-state index in [1.807, 2.05) is 29.6 Å². The SMILES string of the molecule is O=C(Cc1csc(Cc2cccc(Cl)c2)n1)Nc1ccc(SC(F)F)cc1. The number of thiazole rings is 1. The number of nitrogens with one attached hydrogen (secondary N) is 1. The highest BCUT2D eigenvalue weighted by atomic mass is 35.5. The van der Waals surface area contributed by atoms with Crippen LogP contribution in [0.2, 0.25) is 5.02 Å². The Labute approximate surface area is 168 Å². The summed E-state index contributed by atoms with van der Waals surface area (Å²) in [6, 6.07) is 13.9. The molecule has 0 aliphatic carbocycles. The normalized spacial score (nSPS) is 11.0. The number of benzene rings is 2. The minimum Gasteiger partial charge on any atom is -0.326 e. The van der Waals surface area contributed by atoms with E-state index in [1.54, 1.807) is 24.3 Å². The van der Waals surface area contributed by atoms with E-state index in [-0.39, 0.29) is 12.3 Å². The molecule has 0 aliphatic rings. The molecule has 1 N–H and O–H groups in total. The minimum absolute atomic E-state index is 0.152. The molecule has 8 heteroatoms. The maximum Gasteiger partial charge on any atom is 0.288 e. The predicted molar refractivity (Wildman–Crippen MR) is 107 cm³/mol. The zero-order valence-electron chi connectivity index (χ0n) is 14.0. The first-order chi connectivity index (χ1) is 13.0. The van der Waals surface area contributed by atoms with Gasteiger partial charge < -0.3 is 5.32 Å². The zero-order valence-corrected chi connectivity index (χ0v) is 16.4. The average molecular weight is 425 g/mol. The van der Waals surface area contributed by atoms with Crippen molar-refractivity contribution in [3.8, 4) is 0 Å². The van der Waals surface area contributed by atoms with Gasteiger partial charge in [-0.15, -0.1) is 11.3 Å². The molecule has 0 aliphatic heterocycles. The molecule has 0 unspecified atom stereocenters. The van der Waals surface area contributed by atoms with Crippen molar-refractivity contribution in [1.29, 1.82) is 0 Å². The summed E-state index contributed by atoms with van der Waals surface area (Å²) in [5, 5.41) is 6.20. The molecule has 1 amide bonds. The molecule has 0 bridgehead atoms. The molecule has 140 valence electrons. The number of alkyl halides is 2. The highest BCUT2D eigenvalue weighted by Gasteiger charge is 2.10. The summed E-state index contributed by atoms with van der Waals surface area (Å²) < 4.78 is 24.6.